The summed E-state index contributed by atoms with van der Waals surface area (Å²) >= 11 is 3.24. The van der Waals surface area contributed by atoms with E-state index in [0.717, 1.165) is 0 Å². The molecule has 0 saturated carbocycles. The van der Waals surface area contributed by atoms with Crippen LogP contribution in [0.2, 0.25) is 0 Å². The second-order valence-corrected chi connectivity index (χ2v) is 6.39. The Bertz CT molecular complexity index is 669. The highest BCUT2D eigenvalue weighted by atomic mass is 79.9. The first-order chi connectivity index (χ1) is 8.98. The molecule has 2 heterocycles. The van der Waals surface area contributed by atoms with Crippen molar-refractivity contribution in [2.75, 3.05) is 10.8 Å². The maximum Gasteiger partial charge on any atom is 0.268 e. The molecule has 0 unspecified atom stereocenters. The van der Waals surface area contributed by atoms with Crippen LogP contribution in [0.3, 0.4) is 0 Å². The van der Waals surface area contributed by atoms with Gasteiger partial charge in [0.2, 0.25) is 0 Å². The minimum absolute atomic E-state index is 0.140. The minimum Gasteiger partial charge on any atom is -0.265 e. The van der Waals surface area contributed by atoms with Gasteiger partial charge in [-0.25, -0.2) is 8.42 Å². The first-order valence-corrected chi connectivity index (χ1v) is 7.82. The van der Waals surface area contributed by atoms with Crippen molar-refractivity contribution < 1.29 is 8.42 Å². The average Bonchev–Trinajstić information content (AvgIpc) is 2.72. The summed E-state index contributed by atoms with van der Waals surface area (Å²) in [5.74, 6) is 0. The second kappa shape index (κ2) is 5.30. The Balaban J connectivity index is 2.52. The van der Waals surface area contributed by atoms with E-state index < -0.39 is 10.0 Å². The summed E-state index contributed by atoms with van der Waals surface area (Å²) in [7, 11) is -1.98. The molecule has 0 spiro atoms. The molecule has 102 valence electrons. The largest absolute Gasteiger partial charge is 0.268 e. The lowest BCUT2D eigenvalue weighted by Crippen LogP contribution is -2.30. The Kier molecular flexibility index (Phi) is 3.91. The maximum atomic E-state index is 12.6. The van der Waals surface area contributed by atoms with Crippen LogP contribution in [-0.4, -0.2) is 29.7 Å². The monoisotopic (exact) mass is 344 g/mol. The molecular formula is C11H13BrN4O2S. The third-order valence-corrected chi connectivity index (χ3v) is 5.73. The highest BCUT2D eigenvalue weighted by Gasteiger charge is 2.28. The molecule has 0 bridgehead atoms. The van der Waals surface area contributed by atoms with E-state index in [4.69, 9.17) is 0 Å². The fraction of sp³-hybridized carbons (Fsp3) is 0.273. The molecular weight excluding hydrogens is 332 g/mol. The number of sulfonamides is 1. The zero-order valence-electron chi connectivity index (χ0n) is 10.5. The summed E-state index contributed by atoms with van der Waals surface area (Å²) in [6.45, 7) is 2.09. The normalized spacial score (nSPS) is 11.5. The van der Waals surface area contributed by atoms with Gasteiger partial charge in [-0.05, 0) is 35.0 Å². The van der Waals surface area contributed by atoms with Gasteiger partial charge >= 0.3 is 0 Å². The lowest BCUT2D eigenvalue weighted by Gasteiger charge is -2.21. The minimum atomic E-state index is -3.65. The Hall–Kier alpha value is -1.41. The van der Waals surface area contributed by atoms with Crippen LogP contribution in [0.15, 0.2) is 40.2 Å². The topological polar surface area (TPSA) is 68.1 Å². The zero-order valence-corrected chi connectivity index (χ0v) is 12.9. The van der Waals surface area contributed by atoms with E-state index in [-0.39, 0.29) is 4.90 Å². The smallest absolute Gasteiger partial charge is 0.265 e. The number of hydrogen-bond acceptors (Lipinski definition) is 4. The summed E-state index contributed by atoms with van der Waals surface area (Å²) in [5.41, 5.74) is 0.528. The number of pyridine rings is 1. The van der Waals surface area contributed by atoms with Crippen LogP contribution in [0.4, 0.5) is 5.69 Å². The van der Waals surface area contributed by atoms with Crippen molar-refractivity contribution in [1.29, 1.82) is 0 Å². The van der Waals surface area contributed by atoms with Crippen molar-refractivity contribution in [2.24, 2.45) is 7.05 Å². The molecule has 0 aromatic carbocycles. The van der Waals surface area contributed by atoms with E-state index in [1.807, 2.05) is 0 Å². The van der Waals surface area contributed by atoms with Gasteiger partial charge in [-0.15, -0.1) is 0 Å². The van der Waals surface area contributed by atoms with Crippen molar-refractivity contribution >= 4 is 31.6 Å². The summed E-state index contributed by atoms with van der Waals surface area (Å²) in [6.07, 6.45) is 4.45. The van der Waals surface area contributed by atoms with Crippen molar-refractivity contribution in [1.82, 2.24) is 14.8 Å². The van der Waals surface area contributed by atoms with Gasteiger partial charge in [0.15, 0.2) is 0 Å². The Morgan fingerprint density at radius 2 is 2.16 bits per heavy atom. The van der Waals surface area contributed by atoms with Crippen LogP contribution < -0.4 is 4.31 Å². The lowest BCUT2D eigenvalue weighted by atomic mass is 10.4. The van der Waals surface area contributed by atoms with E-state index in [1.165, 1.54) is 21.4 Å². The number of rotatable bonds is 4. The predicted molar refractivity (Wildman–Crippen MR) is 75.4 cm³/mol. The molecule has 0 fully saturated rings. The van der Waals surface area contributed by atoms with Crippen LogP contribution in [0.25, 0.3) is 0 Å². The predicted octanol–water partition coefficient (Wildman–Crippen LogP) is 1.79. The third kappa shape index (κ3) is 2.50. The highest BCUT2D eigenvalue weighted by Crippen LogP contribution is 2.27. The third-order valence-electron chi connectivity index (χ3n) is 2.62. The second-order valence-electron chi connectivity index (χ2n) is 3.80. The molecule has 0 aliphatic carbocycles. The SMILES string of the molecule is CCN(c1cccnc1)S(=O)(=O)c1cnn(C)c1Br. The van der Waals surface area contributed by atoms with E-state index in [0.29, 0.717) is 16.8 Å². The number of aromatic nitrogens is 3. The Morgan fingerprint density at radius 3 is 2.63 bits per heavy atom. The van der Waals surface area contributed by atoms with Gasteiger partial charge in [0.1, 0.15) is 9.50 Å². The van der Waals surface area contributed by atoms with Crippen molar-refractivity contribution in [3.63, 3.8) is 0 Å². The van der Waals surface area contributed by atoms with Gasteiger partial charge in [-0.1, -0.05) is 0 Å². The van der Waals surface area contributed by atoms with Gasteiger partial charge in [-0.3, -0.25) is 14.0 Å². The van der Waals surface area contributed by atoms with Gasteiger partial charge in [0.25, 0.3) is 10.0 Å². The molecule has 0 amide bonds. The number of aryl methyl sites for hydroxylation is 1. The molecule has 6 nitrogen and oxygen atoms in total. The van der Waals surface area contributed by atoms with Gasteiger partial charge in [0, 0.05) is 19.8 Å². The fourth-order valence-corrected chi connectivity index (χ4v) is 3.98. The van der Waals surface area contributed by atoms with Gasteiger partial charge < -0.3 is 0 Å². The molecule has 2 rings (SSSR count). The number of hydrogen-bond donors (Lipinski definition) is 0. The number of nitrogens with zero attached hydrogens (tertiary/aromatic N) is 4. The Labute approximate surface area is 120 Å². The first-order valence-electron chi connectivity index (χ1n) is 5.58. The molecule has 8 heteroatoms. The quantitative estimate of drug-likeness (QED) is 0.847. The fourth-order valence-electron chi connectivity index (χ4n) is 1.69. The zero-order chi connectivity index (χ0) is 14.0. The number of halogens is 1. The van der Waals surface area contributed by atoms with Crippen LogP contribution in [0, 0.1) is 0 Å². The van der Waals surface area contributed by atoms with Crippen molar-refractivity contribution in [3.05, 3.63) is 35.3 Å². The molecule has 0 aliphatic heterocycles. The van der Waals surface area contributed by atoms with Crippen LogP contribution in [-0.2, 0) is 17.1 Å². The van der Waals surface area contributed by atoms with Crippen LogP contribution >= 0.6 is 15.9 Å². The molecule has 0 aliphatic rings. The van der Waals surface area contributed by atoms with E-state index in [1.54, 1.807) is 32.3 Å². The molecule has 2 aromatic rings. The summed E-state index contributed by atoms with van der Waals surface area (Å²) in [5, 5.41) is 3.94. The van der Waals surface area contributed by atoms with E-state index >= 15 is 0 Å². The average molecular weight is 345 g/mol. The van der Waals surface area contributed by atoms with Crippen LogP contribution in [0.1, 0.15) is 6.92 Å². The van der Waals surface area contributed by atoms with Gasteiger partial charge in [0.05, 0.1) is 18.1 Å². The summed E-state index contributed by atoms with van der Waals surface area (Å²) in [4.78, 5) is 4.09. The molecule has 0 atom stereocenters. The number of anilines is 1. The van der Waals surface area contributed by atoms with Gasteiger partial charge in [-0.2, -0.15) is 5.10 Å². The molecule has 0 saturated heterocycles. The van der Waals surface area contributed by atoms with E-state index in [2.05, 4.69) is 26.0 Å². The van der Waals surface area contributed by atoms with E-state index in [9.17, 15) is 8.42 Å². The maximum absolute atomic E-state index is 12.6. The Morgan fingerprint density at radius 1 is 1.42 bits per heavy atom. The van der Waals surface area contributed by atoms with Crippen molar-refractivity contribution in [3.8, 4) is 0 Å². The first kappa shape index (κ1) is 14.0. The molecule has 0 N–H and O–H groups in total. The summed E-state index contributed by atoms with van der Waals surface area (Å²) in [6, 6.07) is 3.41. The van der Waals surface area contributed by atoms with Crippen molar-refractivity contribution in [2.45, 2.75) is 11.8 Å². The van der Waals surface area contributed by atoms with Crippen LogP contribution in [0.5, 0.6) is 0 Å². The highest BCUT2D eigenvalue weighted by molar-refractivity contribution is 9.10. The molecule has 19 heavy (non-hydrogen) atoms. The standard InChI is InChI=1S/C11H13BrN4O2S/c1-3-16(9-5-4-6-13-7-9)19(17,18)10-8-14-15(2)11(10)12/h4-8H,3H2,1-2H3. The summed E-state index contributed by atoms with van der Waals surface area (Å²) < 4.78 is 28.4. The molecule has 2 aromatic heterocycles. The lowest BCUT2D eigenvalue weighted by molar-refractivity contribution is 0.591. The molecule has 0 radical (unpaired) electrons.